The van der Waals surface area contributed by atoms with Crippen molar-refractivity contribution < 1.29 is 0 Å². The van der Waals surface area contributed by atoms with E-state index < -0.39 is 0 Å². The molecular weight excluding hydrogens is 278 g/mol. The van der Waals surface area contributed by atoms with Gasteiger partial charge in [-0.2, -0.15) is 0 Å². The molecule has 2 heterocycles. The highest BCUT2D eigenvalue weighted by Crippen LogP contribution is 2.40. The zero-order valence-corrected chi connectivity index (χ0v) is 12.1. The Kier molecular flexibility index (Phi) is 2.69. The fourth-order valence-electron chi connectivity index (χ4n) is 3.22. The van der Waals surface area contributed by atoms with Gasteiger partial charge in [0.25, 0.3) is 0 Å². The zero-order chi connectivity index (χ0) is 15.3. The molecule has 22 heavy (non-hydrogen) atoms. The third-order valence-electron chi connectivity index (χ3n) is 4.31. The molecule has 5 nitrogen and oxygen atoms in total. The van der Waals surface area contributed by atoms with E-state index >= 15 is 0 Å². The Hall–Kier alpha value is -2.82. The van der Waals surface area contributed by atoms with Crippen molar-refractivity contribution in [3.05, 3.63) is 92.8 Å². The van der Waals surface area contributed by atoms with Crippen LogP contribution in [0, 0.1) is 0 Å². The summed E-state index contributed by atoms with van der Waals surface area (Å²) in [4.78, 5) is 24.7. The molecule has 0 unspecified atom stereocenters. The summed E-state index contributed by atoms with van der Waals surface area (Å²) in [6, 6.07) is 19.4. The Bertz CT molecular complexity index is 859. The quantitative estimate of drug-likeness (QED) is 0.719. The molecule has 3 aromatic rings. The van der Waals surface area contributed by atoms with Crippen molar-refractivity contribution in [3.63, 3.8) is 0 Å². The number of rotatable bonds is 2. The topological polar surface area (TPSA) is 48.9 Å². The summed E-state index contributed by atoms with van der Waals surface area (Å²) in [6.45, 7) is 0. The molecule has 0 saturated carbocycles. The first kappa shape index (κ1) is 12.9. The molecule has 0 saturated heterocycles. The summed E-state index contributed by atoms with van der Waals surface area (Å²) >= 11 is 0. The SMILES string of the molecule is Cn1c(=O)n2n(c1=O)[C@@H](c1ccccc1)[C@H]2c1ccccc1. The van der Waals surface area contributed by atoms with E-state index in [2.05, 4.69) is 0 Å². The average Bonchev–Trinajstić information content (AvgIpc) is 2.71. The lowest BCUT2D eigenvalue weighted by Crippen LogP contribution is -2.48. The standard InChI is InChI=1S/C17H15N3O2/c1-18-16(21)19-14(12-8-4-2-5-9-12)15(20(19)17(18)22)13-10-6-3-7-11-13/h2-11,14-15H,1H3/t14-,15+. The molecular formula is C17H15N3O2. The van der Waals surface area contributed by atoms with Crippen LogP contribution in [0.3, 0.4) is 0 Å². The zero-order valence-electron chi connectivity index (χ0n) is 12.1. The van der Waals surface area contributed by atoms with Gasteiger partial charge in [0.1, 0.15) is 12.1 Å². The number of nitrogens with zero attached hydrogens (tertiary/aromatic N) is 3. The van der Waals surface area contributed by atoms with Gasteiger partial charge < -0.3 is 0 Å². The maximum Gasteiger partial charge on any atom is 0.347 e. The molecule has 1 aliphatic rings. The van der Waals surface area contributed by atoms with Gasteiger partial charge in [-0.25, -0.2) is 23.5 Å². The van der Waals surface area contributed by atoms with Crippen molar-refractivity contribution in [2.75, 3.05) is 0 Å². The Morgan fingerprint density at radius 2 is 1.05 bits per heavy atom. The molecule has 0 N–H and O–H groups in total. The van der Waals surface area contributed by atoms with Gasteiger partial charge in [-0.05, 0) is 11.1 Å². The van der Waals surface area contributed by atoms with Crippen LogP contribution in [0.5, 0.6) is 0 Å². The minimum Gasteiger partial charge on any atom is -0.246 e. The van der Waals surface area contributed by atoms with Crippen molar-refractivity contribution in [1.82, 2.24) is 13.9 Å². The van der Waals surface area contributed by atoms with Crippen LogP contribution in [0.2, 0.25) is 0 Å². The fraction of sp³-hybridized carbons (Fsp3) is 0.176. The molecule has 4 rings (SSSR count). The predicted octanol–water partition coefficient (Wildman–Crippen LogP) is 1.54. The maximum absolute atomic E-state index is 12.3. The Morgan fingerprint density at radius 1 is 0.682 bits per heavy atom. The fourth-order valence-corrected chi connectivity index (χ4v) is 3.22. The summed E-state index contributed by atoms with van der Waals surface area (Å²) in [5, 5.41) is 0. The van der Waals surface area contributed by atoms with E-state index in [0.29, 0.717) is 0 Å². The van der Waals surface area contributed by atoms with E-state index in [1.54, 1.807) is 9.36 Å². The summed E-state index contributed by atoms with van der Waals surface area (Å²) < 4.78 is 4.27. The van der Waals surface area contributed by atoms with Crippen molar-refractivity contribution >= 4 is 0 Å². The third-order valence-corrected chi connectivity index (χ3v) is 4.31. The highest BCUT2D eigenvalue weighted by Gasteiger charge is 2.43. The first-order valence-corrected chi connectivity index (χ1v) is 7.20. The molecule has 2 atom stereocenters. The molecule has 0 fully saturated rings. The van der Waals surface area contributed by atoms with Crippen LogP contribution < -0.4 is 11.4 Å². The molecule has 0 aliphatic carbocycles. The highest BCUT2D eigenvalue weighted by molar-refractivity contribution is 5.31. The van der Waals surface area contributed by atoms with E-state index in [9.17, 15) is 9.59 Å². The van der Waals surface area contributed by atoms with Gasteiger partial charge in [-0.15, -0.1) is 0 Å². The van der Waals surface area contributed by atoms with Crippen LogP contribution in [0.1, 0.15) is 23.2 Å². The van der Waals surface area contributed by atoms with Crippen molar-refractivity contribution in [1.29, 1.82) is 0 Å². The molecule has 2 aromatic carbocycles. The van der Waals surface area contributed by atoms with Gasteiger partial charge in [0.15, 0.2) is 0 Å². The summed E-state index contributed by atoms with van der Waals surface area (Å²) in [6.07, 6.45) is 0. The smallest absolute Gasteiger partial charge is 0.246 e. The molecule has 0 spiro atoms. The first-order chi connectivity index (χ1) is 10.7. The van der Waals surface area contributed by atoms with Crippen LogP contribution in [0.4, 0.5) is 0 Å². The first-order valence-electron chi connectivity index (χ1n) is 7.20. The van der Waals surface area contributed by atoms with E-state index in [0.717, 1.165) is 11.1 Å². The minimum absolute atomic E-state index is 0.148. The number of hydrogen-bond donors (Lipinski definition) is 0. The van der Waals surface area contributed by atoms with E-state index in [1.165, 1.54) is 11.6 Å². The monoisotopic (exact) mass is 293 g/mol. The lowest BCUT2D eigenvalue weighted by Gasteiger charge is -2.39. The molecule has 5 heteroatoms. The number of fused-ring (bicyclic) bond motifs is 1. The van der Waals surface area contributed by atoms with Crippen LogP contribution in [0.25, 0.3) is 0 Å². The summed E-state index contributed by atoms with van der Waals surface area (Å²) in [5.41, 5.74) is 1.52. The predicted molar refractivity (Wildman–Crippen MR) is 83.1 cm³/mol. The molecule has 1 aromatic heterocycles. The summed E-state index contributed by atoms with van der Waals surface area (Å²) in [5.74, 6) is 0. The molecule has 0 radical (unpaired) electrons. The Labute approximate surface area is 126 Å². The maximum atomic E-state index is 12.3. The van der Waals surface area contributed by atoms with Crippen LogP contribution in [-0.4, -0.2) is 13.9 Å². The lowest BCUT2D eigenvalue weighted by molar-refractivity contribution is 0.190. The van der Waals surface area contributed by atoms with E-state index in [-0.39, 0.29) is 23.5 Å². The lowest BCUT2D eigenvalue weighted by atomic mass is 9.91. The second kappa shape index (κ2) is 4.59. The average molecular weight is 293 g/mol. The van der Waals surface area contributed by atoms with Gasteiger partial charge in [0.2, 0.25) is 0 Å². The van der Waals surface area contributed by atoms with Crippen molar-refractivity contribution in [2.45, 2.75) is 12.1 Å². The third kappa shape index (κ3) is 1.59. The van der Waals surface area contributed by atoms with Gasteiger partial charge in [-0.1, -0.05) is 60.7 Å². The normalized spacial score (nSPS) is 19.5. The van der Waals surface area contributed by atoms with Gasteiger partial charge in [0.05, 0.1) is 0 Å². The minimum atomic E-state index is -0.272. The van der Waals surface area contributed by atoms with Gasteiger partial charge in [0, 0.05) is 7.05 Å². The van der Waals surface area contributed by atoms with Crippen molar-refractivity contribution in [2.24, 2.45) is 7.05 Å². The van der Waals surface area contributed by atoms with Crippen LogP contribution in [0.15, 0.2) is 70.3 Å². The Balaban J connectivity index is 1.97. The van der Waals surface area contributed by atoms with Crippen LogP contribution in [-0.2, 0) is 7.05 Å². The second-order valence-electron chi connectivity index (χ2n) is 5.52. The van der Waals surface area contributed by atoms with E-state index in [1.807, 2.05) is 60.7 Å². The molecule has 0 bridgehead atoms. The number of benzene rings is 2. The van der Waals surface area contributed by atoms with Gasteiger partial charge >= 0.3 is 11.4 Å². The van der Waals surface area contributed by atoms with Crippen LogP contribution >= 0.6 is 0 Å². The second-order valence-corrected chi connectivity index (χ2v) is 5.52. The van der Waals surface area contributed by atoms with Gasteiger partial charge in [-0.3, -0.25) is 0 Å². The molecule has 0 amide bonds. The van der Waals surface area contributed by atoms with Crippen molar-refractivity contribution in [3.8, 4) is 0 Å². The number of aromatic nitrogens is 3. The number of hydrogen-bond acceptors (Lipinski definition) is 2. The highest BCUT2D eigenvalue weighted by atomic mass is 16.2. The largest absolute Gasteiger partial charge is 0.347 e. The Morgan fingerprint density at radius 3 is 1.41 bits per heavy atom. The molecule has 1 aliphatic heterocycles. The molecule has 110 valence electrons. The van der Waals surface area contributed by atoms with E-state index in [4.69, 9.17) is 0 Å². The summed E-state index contributed by atoms with van der Waals surface area (Å²) in [7, 11) is 1.52.